The smallest absolute Gasteiger partial charge is 0.114 e. The number of aromatic nitrogens is 2. The number of benzene rings is 1. The molecule has 4 nitrogen and oxygen atoms in total. The summed E-state index contributed by atoms with van der Waals surface area (Å²) in [4.78, 5) is 4.83. The van der Waals surface area contributed by atoms with Crippen LogP contribution in [-0.4, -0.2) is 34.4 Å². The van der Waals surface area contributed by atoms with Gasteiger partial charge in [0.05, 0.1) is 17.6 Å². The Morgan fingerprint density at radius 2 is 2.37 bits per heavy atom. The van der Waals surface area contributed by atoms with Gasteiger partial charge in [0.1, 0.15) is 5.82 Å². The highest BCUT2D eigenvalue weighted by Gasteiger charge is 2.22. The van der Waals surface area contributed by atoms with Gasteiger partial charge in [-0.3, -0.25) is 0 Å². The van der Waals surface area contributed by atoms with E-state index >= 15 is 0 Å². The molecule has 3 rings (SSSR count). The van der Waals surface area contributed by atoms with E-state index in [9.17, 15) is 5.11 Å². The van der Waals surface area contributed by atoms with Crippen molar-refractivity contribution >= 4 is 11.0 Å². The molecule has 0 radical (unpaired) electrons. The molecule has 1 aliphatic rings. The van der Waals surface area contributed by atoms with Crippen LogP contribution in [0.1, 0.15) is 30.1 Å². The molecule has 19 heavy (non-hydrogen) atoms. The van der Waals surface area contributed by atoms with Crippen molar-refractivity contribution in [2.45, 2.75) is 32.2 Å². The Bertz CT molecular complexity index is 570. The van der Waals surface area contributed by atoms with Crippen molar-refractivity contribution in [3.8, 4) is 0 Å². The molecule has 4 heteroatoms. The van der Waals surface area contributed by atoms with Gasteiger partial charge in [-0.25, -0.2) is 4.98 Å². The van der Waals surface area contributed by atoms with Gasteiger partial charge in [0.25, 0.3) is 0 Å². The molecular formula is C15H21N3O. The summed E-state index contributed by atoms with van der Waals surface area (Å²) >= 11 is 0. The zero-order valence-electron chi connectivity index (χ0n) is 11.4. The lowest BCUT2D eigenvalue weighted by molar-refractivity contribution is 0.273. The van der Waals surface area contributed by atoms with E-state index in [0.29, 0.717) is 12.5 Å². The first-order chi connectivity index (χ1) is 9.29. The van der Waals surface area contributed by atoms with E-state index in [1.807, 2.05) is 0 Å². The molecule has 0 spiro atoms. The van der Waals surface area contributed by atoms with E-state index in [0.717, 1.165) is 29.9 Å². The molecule has 1 saturated heterocycles. The largest absolute Gasteiger partial charge is 0.395 e. The monoisotopic (exact) mass is 259 g/mol. The molecule has 1 atom stereocenters. The fourth-order valence-corrected chi connectivity index (χ4v) is 2.98. The number of nitrogens with one attached hydrogen (secondary N) is 1. The second-order valence-electron chi connectivity index (χ2n) is 5.38. The van der Waals surface area contributed by atoms with E-state index in [2.05, 4.69) is 35.0 Å². The second kappa shape index (κ2) is 5.31. The Hall–Kier alpha value is -1.39. The first kappa shape index (κ1) is 12.6. The third-order valence-electron chi connectivity index (χ3n) is 3.92. The van der Waals surface area contributed by atoms with Gasteiger partial charge in [-0.15, -0.1) is 0 Å². The van der Waals surface area contributed by atoms with Gasteiger partial charge >= 0.3 is 0 Å². The van der Waals surface area contributed by atoms with Crippen LogP contribution < -0.4 is 5.32 Å². The quantitative estimate of drug-likeness (QED) is 0.883. The van der Waals surface area contributed by atoms with E-state index in [1.54, 1.807) is 0 Å². The van der Waals surface area contributed by atoms with Gasteiger partial charge in [-0.1, -0.05) is 6.07 Å². The summed E-state index contributed by atoms with van der Waals surface area (Å²) in [5.41, 5.74) is 3.42. The SMILES string of the molecule is Cc1ccc2c(c1)nc(C1CCCNC1)n2CCO. The maximum Gasteiger partial charge on any atom is 0.114 e. The zero-order valence-corrected chi connectivity index (χ0v) is 11.4. The van der Waals surface area contributed by atoms with Crippen molar-refractivity contribution < 1.29 is 5.11 Å². The van der Waals surface area contributed by atoms with Crippen LogP contribution >= 0.6 is 0 Å². The van der Waals surface area contributed by atoms with Crippen LogP contribution in [0.5, 0.6) is 0 Å². The Morgan fingerprint density at radius 3 is 3.11 bits per heavy atom. The standard InChI is InChI=1S/C15H21N3O/c1-11-4-5-14-13(9-11)17-15(18(14)7-8-19)12-3-2-6-16-10-12/h4-5,9,12,16,19H,2-3,6-8,10H2,1H3. The average Bonchev–Trinajstić information content (AvgIpc) is 2.78. The van der Waals surface area contributed by atoms with Crippen LogP contribution in [0.15, 0.2) is 18.2 Å². The minimum absolute atomic E-state index is 0.159. The van der Waals surface area contributed by atoms with Crippen molar-refractivity contribution in [3.63, 3.8) is 0 Å². The number of aryl methyl sites for hydroxylation is 1. The lowest BCUT2D eigenvalue weighted by atomic mass is 9.99. The molecule has 2 aromatic rings. The van der Waals surface area contributed by atoms with Gasteiger partial charge in [0, 0.05) is 19.0 Å². The van der Waals surface area contributed by atoms with Crippen LogP contribution in [0, 0.1) is 6.92 Å². The molecule has 0 aliphatic carbocycles. The summed E-state index contributed by atoms with van der Waals surface area (Å²) in [5.74, 6) is 1.59. The number of nitrogens with zero attached hydrogens (tertiary/aromatic N) is 2. The maximum atomic E-state index is 9.31. The number of aliphatic hydroxyl groups excluding tert-OH is 1. The van der Waals surface area contributed by atoms with Crippen LogP contribution in [0.2, 0.25) is 0 Å². The second-order valence-corrected chi connectivity index (χ2v) is 5.38. The van der Waals surface area contributed by atoms with Crippen molar-refractivity contribution in [3.05, 3.63) is 29.6 Å². The number of aliphatic hydroxyl groups is 1. The summed E-state index contributed by atoms with van der Waals surface area (Å²) in [6.45, 7) is 4.98. The normalized spacial score (nSPS) is 20.0. The van der Waals surface area contributed by atoms with Gasteiger partial charge in [-0.2, -0.15) is 0 Å². The predicted molar refractivity (Wildman–Crippen MR) is 76.4 cm³/mol. The van der Waals surface area contributed by atoms with E-state index in [-0.39, 0.29) is 6.61 Å². The third kappa shape index (κ3) is 2.38. The summed E-state index contributed by atoms with van der Waals surface area (Å²) in [6.07, 6.45) is 2.38. The van der Waals surface area contributed by atoms with Crippen molar-refractivity contribution in [1.29, 1.82) is 0 Å². The Balaban J connectivity index is 2.08. The number of fused-ring (bicyclic) bond motifs is 1. The molecule has 1 unspecified atom stereocenters. The van der Waals surface area contributed by atoms with E-state index < -0.39 is 0 Å². The first-order valence-corrected chi connectivity index (χ1v) is 7.08. The van der Waals surface area contributed by atoms with E-state index in [1.165, 1.54) is 18.4 Å². The van der Waals surface area contributed by atoms with Crippen molar-refractivity contribution in [2.75, 3.05) is 19.7 Å². The topological polar surface area (TPSA) is 50.1 Å². The molecule has 1 fully saturated rings. The summed E-state index contributed by atoms with van der Waals surface area (Å²) in [7, 11) is 0. The predicted octanol–water partition coefficient (Wildman–Crippen LogP) is 1.80. The molecule has 1 aliphatic heterocycles. The third-order valence-corrected chi connectivity index (χ3v) is 3.92. The number of hydrogen-bond acceptors (Lipinski definition) is 3. The molecule has 0 bridgehead atoms. The van der Waals surface area contributed by atoms with Crippen LogP contribution in [0.3, 0.4) is 0 Å². The lowest BCUT2D eigenvalue weighted by Gasteiger charge is -2.23. The molecule has 1 aromatic carbocycles. The first-order valence-electron chi connectivity index (χ1n) is 7.08. The Morgan fingerprint density at radius 1 is 1.47 bits per heavy atom. The maximum absolute atomic E-state index is 9.31. The van der Waals surface area contributed by atoms with Crippen LogP contribution in [0.25, 0.3) is 11.0 Å². The van der Waals surface area contributed by atoms with Gasteiger partial charge < -0.3 is 15.0 Å². The lowest BCUT2D eigenvalue weighted by Crippen LogP contribution is -2.30. The molecular weight excluding hydrogens is 238 g/mol. The highest BCUT2D eigenvalue weighted by molar-refractivity contribution is 5.77. The van der Waals surface area contributed by atoms with Gasteiger partial charge in [-0.05, 0) is 44.0 Å². The van der Waals surface area contributed by atoms with Gasteiger partial charge in [0.2, 0.25) is 0 Å². The number of rotatable bonds is 3. The molecule has 1 aromatic heterocycles. The minimum Gasteiger partial charge on any atom is -0.395 e. The Labute approximate surface area is 113 Å². The fourth-order valence-electron chi connectivity index (χ4n) is 2.98. The summed E-state index contributed by atoms with van der Waals surface area (Å²) < 4.78 is 2.19. The summed E-state index contributed by atoms with van der Waals surface area (Å²) in [5, 5.41) is 12.8. The highest BCUT2D eigenvalue weighted by atomic mass is 16.3. The zero-order chi connectivity index (χ0) is 13.2. The molecule has 2 heterocycles. The Kier molecular flexibility index (Phi) is 3.53. The fraction of sp³-hybridized carbons (Fsp3) is 0.533. The molecule has 0 amide bonds. The van der Waals surface area contributed by atoms with Crippen molar-refractivity contribution in [1.82, 2.24) is 14.9 Å². The number of imidazole rings is 1. The number of hydrogen-bond donors (Lipinski definition) is 2. The highest BCUT2D eigenvalue weighted by Crippen LogP contribution is 2.27. The van der Waals surface area contributed by atoms with E-state index in [4.69, 9.17) is 4.98 Å². The van der Waals surface area contributed by atoms with Gasteiger partial charge in [0.15, 0.2) is 0 Å². The average molecular weight is 259 g/mol. The van der Waals surface area contributed by atoms with Crippen LogP contribution in [0.4, 0.5) is 0 Å². The molecule has 102 valence electrons. The summed E-state index contributed by atoms with van der Waals surface area (Å²) in [6, 6.07) is 6.36. The molecule has 0 saturated carbocycles. The minimum atomic E-state index is 0.159. The van der Waals surface area contributed by atoms with Crippen molar-refractivity contribution in [2.24, 2.45) is 0 Å². The molecule has 2 N–H and O–H groups in total. The van der Waals surface area contributed by atoms with Crippen LogP contribution in [-0.2, 0) is 6.54 Å². The number of piperidine rings is 1.